The van der Waals surface area contributed by atoms with Crippen molar-refractivity contribution < 1.29 is 9.53 Å². The summed E-state index contributed by atoms with van der Waals surface area (Å²) < 4.78 is 5.27. The first-order valence-corrected chi connectivity index (χ1v) is 8.79. The lowest BCUT2D eigenvalue weighted by Gasteiger charge is -2.20. The molecule has 2 aromatic carbocycles. The van der Waals surface area contributed by atoms with Gasteiger partial charge in [0.1, 0.15) is 5.75 Å². The fraction of sp³-hybridized carbons (Fsp3) is 0.286. The summed E-state index contributed by atoms with van der Waals surface area (Å²) in [7, 11) is 3.44. The monoisotopic (exact) mass is 351 g/mol. The highest BCUT2D eigenvalue weighted by Gasteiger charge is 2.20. The van der Waals surface area contributed by atoms with Gasteiger partial charge in [-0.3, -0.25) is 4.79 Å². The van der Waals surface area contributed by atoms with E-state index in [0.29, 0.717) is 6.54 Å². The van der Waals surface area contributed by atoms with Crippen LogP contribution in [0.1, 0.15) is 24.0 Å². The number of likely N-dealkylation sites (N-methyl/N-ethyl adjacent to an activating group) is 1. The SMILES string of the molecule is CN[C@H](C)C(=O)NCC(c1ccc(OC)cc1)c1c[nH]c2ccccc12. The predicted octanol–water partition coefficient (Wildman–Crippen LogP) is 3.03. The van der Waals surface area contributed by atoms with Gasteiger partial charge in [-0.1, -0.05) is 30.3 Å². The molecule has 0 saturated carbocycles. The van der Waals surface area contributed by atoms with Crippen LogP contribution < -0.4 is 15.4 Å². The van der Waals surface area contributed by atoms with Crippen molar-refractivity contribution in [2.45, 2.75) is 18.9 Å². The molecule has 0 bridgehead atoms. The second-order valence-electron chi connectivity index (χ2n) is 6.37. The normalized spacial score (nSPS) is 13.3. The number of fused-ring (bicyclic) bond motifs is 1. The van der Waals surface area contributed by atoms with Crippen LogP contribution in [0.4, 0.5) is 0 Å². The van der Waals surface area contributed by atoms with E-state index in [1.54, 1.807) is 14.2 Å². The Morgan fingerprint density at radius 3 is 2.58 bits per heavy atom. The molecule has 1 amide bonds. The van der Waals surface area contributed by atoms with Gasteiger partial charge in [0.05, 0.1) is 13.2 Å². The number of rotatable bonds is 7. The number of hydrogen-bond donors (Lipinski definition) is 3. The lowest BCUT2D eigenvalue weighted by Crippen LogP contribution is -2.42. The highest BCUT2D eigenvalue weighted by molar-refractivity contribution is 5.85. The fourth-order valence-corrected chi connectivity index (χ4v) is 3.11. The van der Waals surface area contributed by atoms with E-state index in [0.717, 1.165) is 16.8 Å². The number of carbonyl (C=O) groups is 1. The van der Waals surface area contributed by atoms with E-state index in [1.165, 1.54) is 10.9 Å². The Morgan fingerprint density at radius 2 is 1.88 bits per heavy atom. The molecule has 2 atom stereocenters. The van der Waals surface area contributed by atoms with Gasteiger partial charge < -0.3 is 20.4 Å². The molecule has 1 heterocycles. The smallest absolute Gasteiger partial charge is 0.236 e. The van der Waals surface area contributed by atoms with Crippen molar-refractivity contribution in [3.63, 3.8) is 0 Å². The molecule has 0 saturated heterocycles. The molecule has 0 aliphatic rings. The summed E-state index contributed by atoms with van der Waals surface area (Å²) in [6.07, 6.45) is 2.03. The topological polar surface area (TPSA) is 66.2 Å². The fourth-order valence-electron chi connectivity index (χ4n) is 3.11. The van der Waals surface area contributed by atoms with Gasteiger partial charge in [-0.15, -0.1) is 0 Å². The summed E-state index contributed by atoms with van der Waals surface area (Å²) in [5.74, 6) is 0.857. The van der Waals surface area contributed by atoms with E-state index in [9.17, 15) is 4.79 Å². The lowest BCUT2D eigenvalue weighted by atomic mass is 9.90. The second-order valence-corrected chi connectivity index (χ2v) is 6.37. The summed E-state index contributed by atoms with van der Waals surface area (Å²) in [6.45, 7) is 2.38. The minimum absolute atomic E-state index is 0.00847. The highest BCUT2D eigenvalue weighted by Crippen LogP contribution is 2.31. The highest BCUT2D eigenvalue weighted by atomic mass is 16.5. The zero-order valence-corrected chi connectivity index (χ0v) is 15.4. The molecule has 3 aromatic rings. The molecule has 0 fully saturated rings. The number of methoxy groups -OCH3 is 1. The molecule has 0 radical (unpaired) electrons. The number of aromatic nitrogens is 1. The summed E-state index contributed by atoms with van der Waals surface area (Å²) in [4.78, 5) is 15.6. The van der Waals surface area contributed by atoms with E-state index in [4.69, 9.17) is 4.74 Å². The van der Waals surface area contributed by atoms with Gasteiger partial charge >= 0.3 is 0 Å². The molecular formula is C21H25N3O2. The molecule has 136 valence electrons. The molecule has 5 nitrogen and oxygen atoms in total. The zero-order valence-electron chi connectivity index (χ0n) is 15.4. The van der Waals surface area contributed by atoms with Crippen LogP contribution in [0.15, 0.2) is 54.7 Å². The van der Waals surface area contributed by atoms with Gasteiger partial charge in [0, 0.05) is 29.6 Å². The van der Waals surface area contributed by atoms with Crippen molar-refractivity contribution in [1.29, 1.82) is 0 Å². The molecule has 3 N–H and O–H groups in total. The first kappa shape index (κ1) is 18.0. The summed E-state index contributed by atoms with van der Waals surface area (Å²) >= 11 is 0. The number of benzene rings is 2. The number of hydrogen-bond acceptors (Lipinski definition) is 3. The van der Waals surface area contributed by atoms with Crippen molar-refractivity contribution in [3.8, 4) is 5.75 Å². The third-order valence-corrected chi connectivity index (χ3v) is 4.82. The maximum atomic E-state index is 12.2. The molecule has 0 aliphatic carbocycles. The zero-order chi connectivity index (χ0) is 18.5. The first-order chi connectivity index (χ1) is 12.6. The number of aromatic amines is 1. The number of amides is 1. The minimum Gasteiger partial charge on any atom is -0.497 e. The maximum Gasteiger partial charge on any atom is 0.236 e. The van der Waals surface area contributed by atoms with Gasteiger partial charge in [-0.25, -0.2) is 0 Å². The number of para-hydroxylation sites is 1. The van der Waals surface area contributed by atoms with Crippen LogP contribution in [0.3, 0.4) is 0 Å². The quantitative estimate of drug-likeness (QED) is 0.613. The molecule has 26 heavy (non-hydrogen) atoms. The molecule has 5 heteroatoms. The Kier molecular flexibility index (Phi) is 5.58. The Bertz CT molecular complexity index is 870. The van der Waals surface area contributed by atoms with Crippen LogP contribution in [-0.4, -0.2) is 37.6 Å². The number of carbonyl (C=O) groups excluding carboxylic acids is 1. The molecular weight excluding hydrogens is 326 g/mol. The van der Waals surface area contributed by atoms with Gasteiger partial charge in [0.25, 0.3) is 0 Å². The number of H-pyrrole nitrogens is 1. The molecule has 3 rings (SSSR count). The van der Waals surface area contributed by atoms with Crippen molar-refractivity contribution in [2.75, 3.05) is 20.7 Å². The largest absolute Gasteiger partial charge is 0.497 e. The van der Waals surface area contributed by atoms with Crippen molar-refractivity contribution in [3.05, 3.63) is 65.9 Å². The summed E-state index contributed by atoms with van der Waals surface area (Å²) in [5, 5.41) is 7.21. The van der Waals surface area contributed by atoms with Crippen LogP contribution in [0.5, 0.6) is 5.75 Å². The average molecular weight is 351 g/mol. The average Bonchev–Trinajstić information content (AvgIpc) is 3.12. The van der Waals surface area contributed by atoms with Gasteiger partial charge in [0.15, 0.2) is 0 Å². The van der Waals surface area contributed by atoms with Crippen LogP contribution in [0.25, 0.3) is 10.9 Å². The van der Waals surface area contributed by atoms with Crippen molar-refractivity contribution in [2.24, 2.45) is 0 Å². The van der Waals surface area contributed by atoms with Crippen LogP contribution >= 0.6 is 0 Å². The van der Waals surface area contributed by atoms with E-state index in [1.807, 2.05) is 37.4 Å². The van der Waals surface area contributed by atoms with Crippen LogP contribution in [0.2, 0.25) is 0 Å². The lowest BCUT2D eigenvalue weighted by molar-refractivity contribution is -0.122. The standard InChI is InChI=1S/C21H25N3O2/c1-14(22-2)21(25)24-12-18(15-8-10-16(26-3)11-9-15)19-13-23-20-7-5-4-6-17(19)20/h4-11,13-14,18,22-23H,12H2,1-3H3,(H,24,25)/t14-,18?/m1/s1. The number of ether oxygens (including phenoxy) is 1. The van der Waals surface area contributed by atoms with Gasteiger partial charge in [-0.2, -0.15) is 0 Å². The maximum absolute atomic E-state index is 12.2. The molecule has 0 spiro atoms. The van der Waals surface area contributed by atoms with E-state index < -0.39 is 0 Å². The van der Waals surface area contributed by atoms with E-state index in [2.05, 4.69) is 39.9 Å². The van der Waals surface area contributed by atoms with Crippen molar-refractivity contribution in [1.82, 2.24) is 15.6 Å². The summed E-state index contributed by atoms with van der Waals surface area (Å²) in [5.41, 5.74) is 3.40. The second kappa shape index (κ2) is 8.06. The minimum atomic E-state index is -0.227. The van der Waals surface area contributed by atoms with E-state index in [-0.39, 0.29) is 17.9 Å². The Labute approximate surface area is 153 Å². The first-order valence-electron chi connectivity index (χ1n) is 8.79. The third-order valence-electron chi connectivity index (χ3n) is 4.82. The molecule has 1 aromatic heterocycles. The van der Waals surface area contributed by atoms with Gasteiger partial charge in [-0.05, 0) is 43.3 Å². The summed E-state index contributed by atoms with van der Waals surface area (Å²) in [6, 6.07) is 16.0. The Balaban J connectivity index is 1.94. The van der Waals surface area contributed by atoms with Crippen LogP contribution in [-0.2, 0) is 4.79 Å². The van der Waals surface area contributed by atoms with Gasteiger partial charge in [0.2, 0.25) is 5.91 Å². The molecule has 1 unspecified atom stereocenters. The molecule has 0 aliphatic heterocycles. The Hall–Kier alpha value is -2.79. The Morgan fingerprint density at radius 1 is 1.15 bits per heavy atom. The van der Waals surface area contributed by atoms with Crippen molar-refractivity contribution >= 4 is 16.8 Å². The van der Waals surface area contributed by atoms with E-state index >= 15 is 0 Å². The predicted molar refractivity (Wildman–Crippen MR) is 105 cm³/mol. The van der Waals surface area contributed by atoms with Crippen LogP contribution in [0, 0.1) is 0 Å². The third kappa shape index (κ3) is 3.73. The number of nitrogens with one attached hydrogen (secondary N) is 3.